The van der Waals surface area contributed by atoms with Crippen LogP contribution in [0.5, 0.6) is 0 Å². The van der Waals surface area contributed by atoms with E-state index in [1.165, 1.54) is 0 Å². The van der Waals surface area contributed by atoms with E-state index in [0.717, 1.165) is 21.1 Å². The Labute approximate surface area is 130 Å². The third kappa shape index (κ3) is 2.98. The number of rotatable bonds is 6. The first-order chi connectivity index (χ1) is 10.3. The molecule has 8 nitrogen and oxygen atoms in total. The summed E-state index contributed by atoms with van der Waals surface area (Å²) in [6, 6.07) is -1.70. The molecule has 1 N–H and O–H groups in total. The standard InChI is InChI=1S/C13H15N3O5S/c1-7(2)11(12(19)20)16-4-10(18)15(13(16)21)3-8-6-22-9(5-17)14-8/h5-7,11H,3-4H2,1-2H3,(H,19,20)/t11-/m0/s1. The number of aldehydes is 1. The molecule has 1 aliphatic heterocycles. The number of carbonyl (C=O) groups is 4. The van der Waals surface area contributed by atoms with Gasteiger partial charge in [-0.25, -0.2) is 14.6 Å². The molecule has 1 aromatic heterocycles. The Hall–Kier alpha value is -2.29. The summed E-state index contributed by atoms with van der Waals surface area (Å²) in [5, 5.41) is 11.1. The van der Waals surface area contributed by atoms with Gasteiger partial charge in [0.2, 0.25) is 0 Å². The second-order valence-electron chi connectivity index (χ2n) is 5.21. The number of imide groups is 1. The van der Waals surface area contributed by atoms with Gasteiger partial charge in [-0.1, -0.05) is 13.8 Å². The van der Waals surface area contributed by atoms with Crippen LogP contribution in [0.1, 0.15) is 29.3 Å². The van der Waals surface area contributed by atoms with Gasteiger partial charge >= 0.3 is 12.0 Å². The average molecular weight is 325 g/mol. The van der Waals surface area contributed by atoms with Gasteiger partial charge in [0.25, 0.3) is 5.91 Å². The van der Waals surface area contributed by atoms with Crippen molar-refractivity contribution >= 4 is 35.5 Å². The fourth-order valence-corrected chi connectivity index (χ4v) is 2.93. The molecular weight excluding hydrogens is 310 g/mol. The second kappa shape index (κ2) is 6.22. The summed E-state index contributed by atoms with van der Waals surface area (Å²) in [6.07, 6.45) is 0.591. The third-order valence-electron chi connectivity index (χ3n) is 3.29. The number of nitrogens with zero attached hydrogens (tertiary/aromatic N) is 3. The van der Waals surface area contributed by atoms with Crippen LogP contribution >= 0.6 is 11.3 Å². The van der Waals surface area contributed by atoms with Crippen LogP contribution in [0.4, 0.5) is 4.79 Å². The Morgan fingerprint density at radius 3 is 2.68 bits per heavy atom. The van der Waals surface area contributed by atoms with E-state index in [4.69, 9.17) is 0 Å². The summed E-state index contributed by atoms with van der Waals surface area (Å²) in [7, 11) is 0. The summed E-state index contributed by atoms with van der Waals surface area (Å²) in [6.45, 7) is 3.02. The van der Waals surface area contributed by atoms with E-state index in [0.29, 0.717) is 12.0 Å². The molecule has 118 valence electrons. The smallest absolute Gasteiger partial charge is 0.328 e. The Balaban J connectivity index is 2.17. The Morgan fingerprint density at radius 1 is 1.50 bits per heavy atom. The van der Waals surface area contributed by atoms with E-state index >= 15 is 0 Å². The molecule has 0 spiro atoms. The van der Waals surface area contributed by atoms with Crippen LogP contribution < -0.4 is 0 Å². The van der Waals surface area contributed by atoms with Crippen molar-refractivity contribution in [3.05, 3.63) is 16.1 Å². The van der Waals surface area contributed by atoms with Crippen LogP contribution in [0.3, 0.4) is 0 Å². The third-order valence-corrected chi connectivity index (χ3v) is 4.11. The highest BCUT2D eigenvalue weighted by molar-refractivity contribution is 7.11. The van der Waals surface area contributed by atoms with Crippen LogP contribution in [0.2, 0.25) is 0 Å². The van der Waals surface area contributed by atoms with Crippen molar-refractivity contribution in [2.24, 2.45) is 5.92 Å². The number of carbonyl (C=O) groups excluding carboxylic acids is 3. The number of urea groups is 1. The largest absolute Gasteiger partial charge is 0.480 e. The number of aromatic nitrogens is 1. The van der Waals surface area contributed by atoms with E-state index in [1.54, 1.807) is 19.2 Å². The van der Waals surface area contributed by atoms with E-state index in [9.17, 15) is 24.3 Å². The minimum absolute atomic E-state index is 0.0665. The van der Waals surface area contributed by atoms with Crippen molar-refractivity contribution in [1.29, 1.82) is 0 Å². The lowest BCUT2D eigenvalue weighted by molar-refractivity contribution is -0.143. The zero-order chi connectivity index (χ0) is 16.4. The minimum Gasteiger partial charge on any atom is -0.480 e. The summed E-state index contributed by atoms with van der Waals surface area (Å²) in [4.78, 5) is 52.2. The first-order valence-electron chi connectivity index (χ1n) is 6.58. The SMILES string of the molecule is CC(C)[C@@H](C(=O)O)N1CC(=O)N(Cc2csc(C=O)n2)C1=O. The van der Waals surface area contributed by atoms with Crippen molar-refractivity contribution in [2.45, 2.75) is 26.4 Å². The molecule has 3 amide bonds. The summed E-state index contributed by atoms with van der Waals surface area (Å²) in [5.74, 6) is -1.94. The quantitative estimate of drug-likeness (QED) is 0.613. The number of carboxylic acid groups (broad SMARTS) is 1. The molecular formula is C13H15N3O5S. The maximum absolute atomic E-state index is 12.3. The zero-order valence-electron chi connectivity index (χ0n) is 12.1. The molecule has 1 saturated heterocycles. The number of aliphatic carboxylic acids is 1. The number of amides is 3. The monoisotopic (exact) mass is 325 g/mol. The zero-order valence-corrected chi connectivity index (χ0v) is 12.9. The van der Waals surface area contributed by atoms with Crippen molar-refractivity contribution in [2.75, 3.05) is 6.54 Å². The molecule has 2 rings (SSSR count). The predicted octanol–water partition coefficient (Wildman–Crippen LogP) is 0.829. The van der Waals surface area contributed by atoms with Gasteiger partial charge in [-0.3, -0.25) is 14.5 Å². The lowest BCUT2D eigenvalue weighted by Gasteiger charge is -2.26. The Bertz CT molecular complexity index is 627. The van der Waals surface area contributed by atoms with Gasteiger partial charge in [-0.2, -0.15) is 0 Å². The van der Waals surface area contributed by atoms with Gasteiger partial charge in [-0.05, 0) is 5.92 Å². The minimum atomic E-state index is -1.14. The Kier molecular flexibility index (Phi) is 4.55. The van der Waals surface area contributed by atoms with Crippen LogP contribution in [-0.2, 0) is 16.1 Å². The van der Waals surface area contributed by atoms with Crippen LogP contribution in [0.15, 0.2) is 5.38 Å². The van der Waals surface area contributed by atoms with E-state index in [-0.39, 0.29) is 24.0 Å². The predicted molar refractivity (Wildman–Crippen MR) is 76.4 cm³/mol. The molecule has 0 radical (unpaired) electrons. The number of hydrogen-bond acceptors (Lipinski definition) is 6. The van der Waals surface area contributed by atoms with E-state index in [1.807, 2.05) is 0 Å². The van der Waals surface area contributed by atoms with Crippen molar-refractivity contribution in [3.8, 4) is 0 Å². The molecule has 0 aliphatic carbocycles. The van der Waals surface area contributed by atoms with Gasteiger partial charge in [0.1, 0.15) is 12.6 Å². The molecule has 9 heteroatoms. The van der Waals surface area contributed by atoms with Crippen molar-refractivity contribution < 1.29 is 24.3 Å². The molecule has 0 saturated carbocycles. The fourth-order valence-electron chi connectivity index (χ4n) is 2.32. The average Bonchev–Trinajstić information content (AvgIpc) is 2.99. The highest BCUT2D eigenvalue weighted by Gasteiger charge is 2.43. The van der Waals surface area contributed by atoms with Gasteiger partial charge < -0.3 is 10.0 Å². The molecule has 1 atom stereocenters. The summed E-state index contributed by atoms with van der Waals surface area (Å²) < 4.78 is 0. The molecule has 22 heavy (non-hydrogen) atoms. The van der Waals surface area contributed by atoms with Gasteiger partial charge in [0.05, 0.1) is 12.2 Å². The first-order valence-corrected chi connectivity index (χ1v) is 7.46. The summed E-state index contributed by atoms with van der Waals surface area (Å²) in [5.41, 5.74) is 0.423. The van der Waals surface area contributed by atoms with Crippen molar-refractivity contribution in [1.82, 2.24) is 14.8 Å². The van der Waals surface area contributed by atoms with E-state index < -0.39 is 23.9 Å². The van der Waals surface area contributed by atoms with Crippen LogP contribution in [-0.4, -0.2) is 56.7 Å². The maximum atomic E-state index is 12.3. The molecule has 0 bridgehead atoms. The van der Waals surface area contributed by atoms with Crippen LogP contribution in [0, 0.1) is 5.92 Å². The first kappa shape index (κ1) is 16.1. The lowest BCUT2D eigenvalue weighted by atomic mass is 10.0. The highest BCUT2D eigenvalue weighted by atomic mass is 32.1. The highest BCUT2D eigenvalue weighted by Crippen LogP contribution is 2.21. The normalized spacial score (nSPS) is 16.5. The lowest BCUT2D eigenvalue weighted by Crippen LogP contribution is -2.46. The molecule has 0 aromatic carbocycles. The molecule has 0 unspecified atom stereocenters. The molecule has 1 aromatic rings. The maximum Gasteiger partial charge on any atom is 0.328 e. The van der Waals surface area contributed by atoms with Gasteiger partial charge in [-0.15, -0.1) is 11.3 Å². The number of carboxylic acids is 1. The second-order valence-corrected chi connectivity index (χ2v) is 6.10. The molecule has 1 fully saturated rings. The van der Waals surface area contributed by atoms with Gasteiger partial charge in [0, 0.05) is 5.38 Å². The molecule has 1 aliphatic rings. The number of thiazole rings is 1. The number of hydrogen-bond donors (Lipinski definition) is 1. The van der Waals surface area contributed by atoms with Gasteiger partial charge in [0.15, 0.2) is 11.3 Å². The van der Waals surface area contributed by atoms with Crippen LogP contribution in [0.25, 0.3) is 0 Å². The fraction of sp³-hybridized carbons (Fsp3) is 0.462. The summed E-state index contributed by atoms with van der Waals surface area (Å²) >= 11 is 1.12. The Morgan fingerprint density at radius 2 is 2.18 bits per heavy atom. The topological polar surface area (TPSA) is 108 Å². The van der Waals surface area contributed by atoms with E-state index in [2.05, 4.69) is 4.98 Å². The van der Waals surface area contributed by atoms with Crippen molar-refractivity contribution in [3.63, 3.8) is 0 Å². The molecule has 2 heterocycles.